The van der Waals surface area contributed by atoms with E-state index < -0.39 is 11.8 Å². The molecule has 2 saturated heterocycles. The Morgan fingerprint density at radius 1 is 1.07 bits per heavy atom. The summed E-state index contributed by atoms with van der Waals surface area (Å²) in [5.74, 6) is -0.172. The third-order valence-electron chi connectivity index (χ3n) is 8.02. The van der Waals surface area contributed by atoms with E-state index in [4.69, 9.17) is 19.4 Å². The summed E-state index contributed by atoms with van der Waals surface area (Å²) >= 11 is 0. The molecule has 2 aliphatic rings. The molecule has 11 heteroatoms. The lowest BCUT2D eigenvalue weighted by Gasteiger charge is -2.32. The summed E-state index contributed by atoms with van der Waals surface area (Å²) in [6.45, 7) is 5.09. The number of carboxylic acid groups (broad SMARTS) is 1. The van der Waals surface area contributed by atoms with E-state index in [0.717, 1.165) is 50.5 Å². The van der Waals surface area contributed by atoms with E-state index >= 15 is 0 Å². The molecule has 0 unspecified atom stereocenters. The van der Waals surface area contributed by atoms with Crippen LogP contribution in [0, 0.1) is 5.82 Å². The number of halogens is 1. The van der Waals surface area contributed by atoms with Crippen molar-refractivity contribution in [3.8, 4) is 5.88 Å². The number of likely N-dealkylation sites (tertiary alicyclic amines) is 1. The minimum atomic E-state index is -1.06. The van der Waals surface area contributed by atoms with E-state index in [9.17, 15) is 19.1 Å². The summed E-state index contributed by atoms with van der Waals surface area (Å²) in [6, 6.07) is 13.3. The maximum absolute atomic E-state index is 14.4. The van der Waals surface area contributed by atoms with Crippen molar-refractivity contribution in [1.29, 1.82) is 0 Å². The van der Waals surface area contributed by atoms with Crippen molar-refractivity contribution in [2.75, 3.05) is 19.7 Å². The van der Waals surface area contributed by atoms with E-state index in [1.54, 1.807) is 24.3 Å². The number of hydrogen-bond acceptors (Lipinski definition) is 8. The standard InChI is InChI=1S/C31H32FN5O5/c1-19(38)21-5-6-22(24(32)15-21)18-42-29-4-2-3-25(34-29)20-9-12-36(13-10-20)17-28-33-26-7-8-27(31(39)40)35-30(26)37(28)16-23-11-14-41-23/h2-8,15,20,23H,9-14,16-18H2,1H3,(H,39,40)/t23-/m0/s1. The second kappa shape index (κ2) is 11.9. The molecule has 1 aromatic carbocycles. The molecule has 42 heavy (non-hydrogen) atoms. The Morgan fingerprint density at radius 2 is 1.88 bits per heavy atom. The number of fused-ring (bicyclic) bond motifs is 1. The average Bonchev–Trinajstić information content (AvgIpc) is 3.30. The van der Waals surface area contributed by atoms with E-state index in [1.165, 1.54) is 19.1 Å². The SMILES string of the molecule is CC(=O)c1ccc(COc2cccc(C3CCN(Cc4nc5ccc(C(=O)O)nc5n4C[C@@H]4CCO4)CC3)n2)c(F)c1. The average molecular weight is 574 g/mol. The number of rotatable bonds is 10. The van der Waals surface area contributed by atoms with Crippen LogP contribution in [0.5, 0.6) is 5.88 Å². The highest BCUT2D eigenvalue weighted by atomic mass is 19.1. The number of pyridine rings is 2. The van der Waals surface area contributed by atoms with E-state index in [-0.39, 0.29) is 30.1 Å². The molecular weight excluding hydrogens is 541 g/mol. The highest BCUT2D eigenvalue weighted by molar-refractivity contribution is 5.94. The van der Waals surface area contributed by atoms with Gasteiger partial charge in [0.2, 0.25) is 5.88 Å². The third-order valence-corrected chi connectivity index (χ3v) is 8.02. The minimum Gasteiger partial charge on any atom is -0.477 e. The Bertz CT molecular complexity index is 1630. The zero-order chi connectivity index (χ0) is 29.2. The second-order valence-electron chi connectivity index (χ2n) is 10.9. The molecule has 0 aliphatic carbocycles. The van der Waals surface area contributed by atoms with Gasteiger partial charge in [-0.3, -0.25) is 9.69 Å². The zero-order valence-electron chi connectivity index (χ0n) is 23.3. The zero-order valence-corrected chi connectivity index (χ0v) is 23.3. The monoisotopic (exact) mass is 573 g/mol. The summed E-state index contributed by atoms with van der Waals surface area (Å²) in [7, 11) is 0. The number of aromatic carboxylic acids is 1. The maximum Gasteiger partial charge on any atom is 0.354 e. The summed E-state index contributed by atoms with van der Waals surface area (Å²) in [5.41, 5.74) is 2.89. The number of carbonyl (C=O) groups is 2. The molecule has 10 nitrogen and oxygen atoms in total. The highest BCUT2D eigenvalue weighted by Crippen LogP contribution is 2.29. The third kappa shape index (κ3) is 6.02. The predicted octanol–water partition coefficient (Wildman–Crippen LogP) is 4.61. The lowest BCUT2D eigenvalue weighted by Crippen LogP contribution is -2.35. The first-order valence-corrected chi connectivity index (χ1v) is 14.2. The van der Waals surface area contributed by atoms with Crippen molar-refractivity contribution in [3.05, 3.63) is 82.7 Å². The van der Waals surface area contributed by atoms with E-state index in [2.05, 4.69) is 9.88 Å². The number of Topliss-reactive ketones (excluding diaryl/α,β-unsaturated/α-hetero) is 1. The largest absolute Gasteiger partial charge is 0.477 e. The number of carbonyl (C=O) groups excluding carboxylic acids is 1. The Hall–Kier alpha value is -4.22. The molecule has 1 atom stereocenters. The topological polar surface area (TPSA) is 120 Å². The smallest absolute Gasteiger partial charge is 0.354 e. The minimum absolute atomic E-state index is 0.000254. The van der Waals surface area contributed by atoms with Gasteiger partial charge in [0.1, 0.15) is 23.8 Å². The lowest BCUT2D eigenvalue weighted by atomic mass is 9.93. The summed E-state index contributed by atoms with van der Waals surface area (Å²) in [4.78, 5) is 39.3. The van der Waals surface area contributed by atoms with Crippen molar-refractivity contribution >= 4 is 22.9 Å². The van der Waals surface area contributed by atoms with Crippen molar-refractivity contribution in [3.63, 3.8) is 0 Å². The number of hydrogen-bond donors (Lipinski definition) is 1. The first-order valence-electron chi connectivity index (χ1n) is 14.2. The fraction of sp³-hybridized carbons (Fsp3) is 0.387. The molecule has 0 saturated carbocycles. The molecule has 1 N–H and O–H groups in total. The number of ether oxygens (including phenoxy) is 2. The molecule has 218 valence electrons. The molecule has 3 aromatic heterocycles. The van der Waals surface area contributed by atoms with E-state index in [1.807, 2.05) is 16.7 Å². The second-order valence-corrected chi connectivity index (χ2v) is 10.9. The van der Waals surface area contributed by atoms with Crippen LogP contribution in [0.4, 0.5) is 4.39 Å². The summed E-state index contributed by atoms with van der Waals surface area (Å²) in [6.07, 6.45) is 2.86. The van der Waals surface area contributed by atoms with Crippen LogP contribution in [0.1, 0.15) is 70.0 Å². The number of ketones is 1. The molecule has 0 spiro atoms. The fourth-order valence-electron chi connectivity index (χ4n) is 5.47. The number of carboxylic acids is 1. The fourth-order valence-corrected chi connectivity index (χ4v) is 5.47. The first-order chi connectivity index (χ1) is 20.3. The van der Waals surface area contributed by atoms with E-state index in [0.29, 0.717) is 41.3 Å². The van der Waals surface area contributed by atoms with Gasteiger partial charge in [-0.1, -0.05) is 18.2 Å². The number of nitrogens with zero attached hydrogens (tertiary/aromatic N) is 5. The van der Waals surface area contributed by atoms with Crippen molar-refractivity contribution in [2.45, 2.75) is 57.9 Å². The molecule has 5 heterocycles. The molecule has 0 bridgehead atoms. The van der Waals surface area contributed by atoms with Gasteiger partial charge < -0.3 is 19.1 Å². The number of benzene rings is 1. The van der Waals surface area contributed by atoms with Crippen LogP contribution in [-0.4, -0.2) is 67.1 Å². The molecular formula is C31H32FN5O5. The van der Waals surface area contributed by atoms with Gasteiger partial charge >= 0.3 is 5.97 Å². The molecule has 6 rings (SSSR count). The number of piperidine rings is 1. The van der Waals surface area contributed by atoms with Crippen LogP contribution in [0.3, 0.4) is 0 Å². The predicted molar refractivity (Wildman–Crippen MR) is 151 cm³/mol. The Labute approximate surface area is 242 Å². The van der Waals surface area contributed by atoms with Gasteiger partial charge in [0, 0.05) is 35.4 Å². The summed E-state index contributed by atoms with van der Waals surface area (Å²) in [5, 5.41) is 9.43. The molecule has 0 radical (unpaired) electrons. The molecule has 0 amide bonds. The Balaban J connectivity index is 1.09. The Kier molecular flexibility index (Phi) is 7.94. The van der Waals surface area contributed by atoms with Gasteiger partial charge in [-0.2, -0.15) is 0 Å². The number of aromatic nitrogens is 4. The van der Waals surface area contributed by atoms with Crippen LogP contribution in [0.25, 0.3) is 11.2 Å². The van der Waals surface area contributed by atoms with Crippen LogP contribution in [0.2, 0.25) is 0 Å². The van der Waals surface area contributed by atoms with Crippen molar-refractivity contribution < 1.29 is 28.6 Å². The highest BCUT2D eigenvalue weighted by Gasteiger charge is 2.26. The maximum atomic E-state index is 14.4. The molecule has 4 aromatic rings. The van der Waals surface area contributed by atoms with Crippen molar-refractivity contribution in [1.82, 2.24) is 24.4 Å². The van der Waals surface area contributed by atoms with Gasteiger partial charge in [-0.15, -0.1) is 0 Å². The quantitative estimate of drug-likeness (QED) is 0.271. The Morgan fingerprint density at radius 3 is 2.57 bits per heavy atom. The summed E-state index contributed by atoms with van der Waals surface area (Å²) < 4.78 is 27.9. The number of imidazole rings is 1. The van der Waals surface area contributed by atoms with Crippen LogP contribution in [-0.2, 0) is 24.4 Å². The van der Waals surface area contributed by atoms with Gasteiger partial charge in [0.15, 0.2) is 17.1 Å². The van der Waals surface area contributed by atoms with Crippen LogP contribution < -0.4 is 4.74 Å². The van der Waals surface area contributed by atoms with Gasteiger partial charge in [-0.25, -0.2) is 24.1 Å². The first kappa shape index (κ1) is 27.9. The van der Waals surface area contributed by atoms with Gasteiger partial charge in [0.25, 0.3) is 0 Å². The molecule has 2 fully saturated rings. The normalized spacial score (nSPS) is 17.7. The van der Waals surface area contributed by atoms with Gasteiger partial charge in [0.05, 0.1) is 19.2 Å². The van der Waals surface area contributed by atoms with Crippen molar-refractivity contribution in [2.24, 2.45) is 0 Å². The lowest BCUT2D eigenvalue weighted by molar-refractivity contribution is -0.0593. The van der Waals surface area contributed by atoms with Crippen LogP contribution in [0.15, 0.2) is 48.5 Å². The molecule has 2 aliphatic heterocycles. The van der Waals surface area contributed by atoms with Crippen LogP contribution >= 0.6 is 0 Å². The van der Waals surface area contributed by atoms with Gasteiger partial charge in [-0.05, 0) is 63.5 Å².